The van der Waals surface area contributed by atoms with Crippen LogP contribution in [0, 0.1) is 5.92 Å². The number of nitrogens with one attached hydrogen (secondary N) is 1. The van der Waals surface area contributed by atoms with Crippen LogP contribution in [0.2, 0.25) is 0 Å². The molecule has 0 aromatic heterocycles. The number of carbonyl (C=O) groups excluding carboxylic acids is 1. The maximum Gasteiger partial charge on any atom is 0.321 e. The van der Waals surface area contributed by atoms with Crippen LogP contribution >= 0.6 is 0 Å². The van der Waals surface area contributed by atoms with Crippen molar-refractivity contribution in [2.24, 2.45) is 5.92 Å². The van der Waals surface area contributed by atoms with Crippen LogP contribution in [0.1, 0.15) is 63.9 Å². The Hall–Kier alpha value is -1.55. The van der Waals surface area contributed by atoms with Crippen LogP contribution in [0.4, 0.5) is 10.5 Å². The Kier molecular flexibility index (Phi) is 6.74. The molecule has 0 bridgehead atoms. The van der Waals surface area contributed by atoms with Crippen LogP contribution in [0.25, 0.3) is 0 Å². The molecule has 2 atom stereocenters. The first-order valence-electron chi connectivity index (χ1n) is 9.97. The van der Waals surface area contributed by atoms with Crippen molar-refractivity contribution in [2.75, 3.05) is 18.4 Å². The lowest BCUT2D eigenvalue weighted by molar-refractivity contribution is 0.00468. The molecule has 1 aromatic rings. The van der Waals surface area contributed by atoms with Crippen molar-refractivity contribution in [2.45, 2.75) is 71.0 Å². The molecule has 25 heavy (non-hydrogen) atoms. The van der Waals surface area contributed by atoms with Gasteiger partial charge in [0.1, 0.15) is 0 Å². The average Bonchev–Trinajstić information content (AvgIpc) is 2.90. The second kappa shape index (κ2) is 9.23. The van der Waals surface area contributed by atoms with Crippen molar-refractivity contribution in [1.82, 2.24) is 4.90 Å². The fraction of sp³-hybridized carbons (Fsp3) is 0.667. The number of benzene rings is 1. The van der Waals surface area contributed by atoms with Crippen LogP contribution in [0.15, 0.2) is 24.3 Å². The second-order valence-corrected chi connectivity index (χ2v) is 7.74. The number of hydrogen-bond donors (Lipinski definition) is 1. The lowest BCUT2D eigenvalue weighted by Gasteiger charge is -2.27. The molecule has 1 aliphatic carbocycles. The van der Waals surface area contributed by atoms with Crippen LogP contribution in [-0.2, 0) is 11.3 Å². The van der Waals surface area contributed by atoms with E-state index in [1.807, 2.05) is 23.1 Å². The standard InChI is InChI=1S/C21H32N2O2/c1-17-8-6-11-20(14-17)25-16-18-9-7-10-19(15-18)22-21(24)23-12-4-2-3-5-13-23/h7,9-10,15,17,20H,2-6,8,11-14,16H2,1H3,(H,22,24)/t17-,20-/m0/s1. The van der Waals surface area contributed by atoms with Crippen molar-refractivity contribution >= 4 is 11.7 Å². The van der Waals surface area contributed by atoms with Crippen molar-refractivity contribution in [3.63, 3.8) is 0 Å². The summed E-state index contributed by atoms with van der Waals surface area (Å²) in [5.74, 6) is 0.776. The molecular formula is C21H32N2O2. The zero-order chi connectivity index (χ0) is 17.5. The van der Waals surface area contributed by atoms with E-state index in [0.717, 1.165) is 43.1 Å². The topological polar surface area (TPSA) is 41.6 Å². The molecule has 138 valence electrons. The fourth-order valence-electron chi connectivity index (χ4n) is 3.96. The van der Waals surface area contributed by atoms with Gasteiger partial charge in [0.15, 0.2) is 0 Å². The van der Waals surface area contributed by atoms with Gasteiger partial charge in [-0.3, -0.25) is 0 Å². The van der Waals surface area contributed by atoms with Gasteiger partial charge >= 0.3 is 6.03 Å². The minimum Gasteiger partial charge on any atom is -0.374 e. The summed E-state index contributed by atoms with van der Waals surface area (Å²) in [6.45, 7) is 4.68. The highest BCUT2D eigenvalue weighted by Gasteiger charge is 2.19. The monoisotopic (exact) mass is 344 g/mol. The number of nitrogens with zero attached hydrogens (tertiary/aromatic N) is 1. The zero-order valence-electron chi connectivity index (χ0n) is 15.5. The van der Waals surface area contributed by atoms with Crippen molar-refractivity contribution in [3.05, 3.63) is 29.8 Å². The highest BCUT2D eigenvalue weighted by Crippen LogP contribution is 2.26. The Labute approximate surface area is 151 Å². The number of amides is 2. The molecule has 0 radical (unpaired) electrons. The number of likely N-dealkylation sites (tertiary alicyclic amines) is 1. The lowest BCUT2D eigenvalue weighted by Crippen LogP contribution is -2.35. The van der Waals surface area contributed by atoms with Gasteiger partial charge in [-0.15, -0.1) is 0 Å². The molecule has 4 heteroatoms. The van der Waals surface area contributed by atoms with E-state index in [2.05, 4.69) is 18.3 Å². The number of hydrogen-bond acceptors (Lipinski definition) is 2. The van der Waals surface area contributed by atoms with Gasteiger partial charge in [0, 0.05) is 18.8 Å². The summed E-state index contributed by atoms with van der Waals surface area (Å²) < 4.78 is 6.11. The summed E-state index contributed by atoms with van der Waals surface area (Å²) in [5.41, 5.74) is 2.00. The molecule has 2 fully saturated rings. The van der Waals surface area contributed by atoms with Crippen LogP contribution in [-0.4, -0.2) is 30.1 Å². The van der Waals surface area contributed by atoms with E-state index >= 15 is 0 Å². The average molecular weight is 344 g/mol. The number of urea groups is 1. The molecule has 3 rings (SSSR count). The Balaban J connectivity index is 1.51. The van der Waals surface area contributed by atoms with Gasteiger partial charge in [0.25, 0.3) is 0 Å². The van der Waals surface area contributed by atoms with E-state index < -0.39 is 0 Å². The van der Waals surface area contributed by atoms with Crippen LogP contribution < -0.4 is 5.32 Å². The summed E-state index contributed by atoms with van der Waals surface area (Å²) >= 11 is 0. The van der Waals surface area contributed by atoms with Gasteiger partial charge < -0.3 is 15.0 Å². The minimum atomic E-state index is 0.0288. The van der Waals surface area contributed by atoms with Gasteiger partial charge in [-0.2, -0.15) is 0 Å². The molecule has 1 aliphatic heterocycles. The minimum absolute atomic E-state index is 0.0288. The molecular weight excluding hydrogens is 312 g/mol. The van der Waals surface area contributed by atoms with E-state index in [4.69, 9.17) is 4.74 Å². The molecule has 1 saturated carbocycles. The molecule has 0 spiro atoms. The Morgan fingerprint density at radius 3 is 2.72 bits per heavy atom. The highest BCUT2D eigenvalue weighted by atomic mass is 16.5. The van der Waals surface area contributed by atoms with Crippen LogP contribution in [0.5, 0.6) is 0 Å². The van der Waals surface area contributed by atoms with E-state index in [1.54, 1.807) is 0 Å². The maximum atomic E-state index is 12.5. The second-order valence-electron chi connectivity index (χ2n) is 7.74. The molecule has 0 unspecified atom stereocenters. The van der Waals surface area contributed by atoms with E-state index in [-0.39, 0.29) is 6.03 Å². The molecule has 1 heterocycles. The summed E-state index contributed by atoms with van der Waals surface area (Å²) in [6, 6.07) is 8.11. The number of carbonyl (C=O) groups is 1. The zero-order valence-corrected chi connectivity index (χ0v) is 15.5. The molecule has 4 nitrogen and oxygen atoms in total. The third-order valence-electron chi connectivity index (χ3n) is 5.45. The Morgan fingerprint density at radius 2 is 1.96 bits per heavy atom. The van der Waals surface area contributed by atoms with Gasteiger partial charge in [-0.1, -0.05) is 44.7 Å². The quantitative estimate of drug-likeness (QED) is 0.816. The molecule has 1 N–H and O–H groups in total. The molecule has 2 aliphatic rings. The van der Waals surface area contributed by atoms with E-state index in [1.165, 1.54) is 38.5 Å². The van der Waals surface area contributed by atoms with Crippen molar-refractivity contribution in [3.8, 4) is 0 Å². The largest absolute Gasteiger partial charge is 0.374 e. The van der Waals surface area contributed by atoms with E-state index in [0.29, 0.717) is 12.7 Å². The summed E-state index contributed by atoms with van der Waals surface area (Å²) in [5, 5.41) is 3.06. The van der Waals surface area contributed by atoms with Gasteiger partial charge in [0.05, 0.1) is 12.7 Å². The third-order valence-corrected chi connectivity index (χ3v) is 5.45. The van der Waals surface area contributed by atoms with Gasteiger partial charge in [-0.05, 0) is 49.3 Å². The predicted octanol–water partition coefficient (Wildman–Crippen LogP) is 5.19. The van der Waals surface area contributed by atoms with Gasteiger partial charge in [-0.25, -0.2) is 4.79 Å². The highest BCUT2D eigenvalue weighted by molar-refractivity contribution is 5.89. The van der Waals surface area contributed by atoms with Crippen LogP contribution in [0.3, 0.4) is 0 Å². The number of rotatable bonds is 4. The molecule has 2 amide bonds. The lowest BCUT2D eigenvalue weighted by atomic mass is 9.89. The maximum absolute atomic E-state index is 12.5. The first kappa shape index (κ1) is 18.2. The first-order chi connectivity index (χ1) is 12.2. The molecule has 1 saturated heterocycles. The Bertz CT molecular complexity index is 553. The summed E-state index contributed by atoms with van der Waals surface area (Å²) in [4.78, 5) is 14.4. The van der Waals surface area contributed by atoms with Gasteiger partial charge in [0.2, 0.25) is 0 Å². The van der Waals surface area contributed by atoms with E-state index in [9.17, 15) is 4.79 Å². The smallest absolute Gasteiger partial charge is 0.321 e. The third kappa shape index (κ3) is 5.74. The van der Waals surface area contributed by atoms with Crippen molar-refractivity contribution < 1.29 is 9.53 Å². The fourth-order valence-corrected chi connectivity index (χ4v) is 3.96. The SMILES string of the molecule is C[C@H]1CCC[C@H](OCc2cccc(NC(=O)N3CCCCCC3)c2)C1. The summed E-state index contributed by atoms with van der Waals surface area (Å²) in [6.07, 6.45) is 10.0. The van der Waals surface area contributed by atoms with Crippen molar-refractivity contribution in [1.29, 1.82) is 0 Å². The predicted molar refractivity (Wildman–Crippen MR) is 102 cm³/mol. The summed E-state index contributed by atoms with van der Waals surface area (Å²) in [7, 11) is 0. The molecule has 1 aromatic carbocycles. The Morgan fingerprint density at radius 1 is 1.16 bits per heavy atom. The number of anilines is 1. The first-order valence-corrected chi connectivity index (χ1v) is 9.97. The number of ether oxygens (including phenoxy) is 1. The normalized spacial score (nSPS) is 24.6.